The molecule has 0 aliphatic carbocycles. The third-order valence-electron chi connectivity index (χ3n) is 2.27. The lowest BCUT2D eigenvalue weighted by Crippen LogP contribution is -1.84. The van der Waals surface area contributed by atoms with Gasteiger partial charge in [0.05, 0.1) is 11.2 Å². The maximum absolute atomic E-state index is 5.29. The Hall–Kier alpha value is -1.62. The van der Waals surface area contributed by atoms with E-state index in [1.165, 1.54) is 6.33 Å². The molecule has 0 saturated heterocycles. The number of aromatic nitrogens is 3. The van der Waals surface area contributed by atoms with E-state index in [-0.39, 0.29) is 0 Å². The summed E-state index contributed by atoms with van der Waals surface area (Å²) in [5.41, 5.74) is 2.97. The van der Waals surface area contributed by atoms with Crippen LogP contribution in [0.4, 0.5) is 0 Å². The molecule has 0 amide bonds. The van der Waals surface area contributed by atoms with Crippen molar-refractivity contribution in [1.82, 2.24) is 15.1 Å². The number of thiol groups is 1. The van der Waals surface area contributed by atoms with Crippen molar-refractivity contribution >= 4 is 34.6 Å². The van der Waals surface area contributed by atoms with Gasteiger partial charge in [-0.25, -0.2) is 9.97 Å². The van der Waals surface area contributed by atoms with Crippen molar-refractivity contribution < 1.29 is 4.52 Å². The normalized spacial score (nSPS) is 11.3. The molecule has 2 aromatic heterocycles. The SMILES string of the molecule is Cc1cc2c(S)cc3ncnc3c2on1. The van der Waals surface area contributed by atoms with Crippen LogP contribution in [0.25, 0.3) is 22.0 Å². The zero-order valence-electron chi connectivity index (χ0n) is 7.93. The van der Waals surface area contributed by atoms with Crippen LogP contribution in [0.1, 0.15) is 5.69 Å². The highest BCUT2D eigenvalue weighted by atomic mass is 32.1. The fourth-order valence-corrected chi connectivity index (χ4v) is 1.88. The van der Waals surface area contributed by atoms with Gasteiger partial charge < -0.3 is 4.52 Å². The van der Waals surface area contributed by atoms with Crippen molar-refractivity contribution in [2.75, 3.05) is 0 Å². The van der Waals surface area contributed by atoms with Crippen LogP contribution < -0.4 is 0 Å². The summed E-state index contributed by atoms with van der Waals surface area (Å²) in [6, 6.07) is 3.80. The van der Waals surface area contributed by atoms with Gasteiger partial charge in [-0.05, 0) is 19.1 Å². The van der Waals surface area contributed by atoms with Gasteiger partial charge in [0, 0.05) is 10.3 Å². The number of aryl methyl sites for hydroxylation is 1. The van der Waals surface area contributed by atoms with Gasteiger partial charge in [-0.2, -0.15) is 0 Å². The molecule has 0 bridgehead atoms. The summed E-state index contributed by atoms with van der Waals surface area (Å²) in [5.74, 6) is 0. The van der Waals surface area contributed by atoms with Crippen LogP contribution in [0.3, 0.4) is 0 Å². The Bertz CT molecular complexity index is 662. The van der Waals surface area contributed by atoms with Gasteiger partial charge in [-0.15, -0.1) is 12.6 Å². The average Bonchev–Trinajstić information content (AvgIpc) is 2.66. The van der Waals surface area contributed by atoms with E-state index in [0.717, 1.165) is 27.0 Å². The predicted octanol–water partition coefficient (Wildman–Crippen LogP) is 2.37. The standard InChI is InChI=1S/C10H7N3OS/c1-5-2-6-8(15)3-7-9(12-4-11-7)10(6)14-13-5/h2-4,15H,1H3. The van der Waals surface area contributed by atoms with Gasteiger partial charge in [-0.1, -0.05) is 5.16 Å². The number of rotatable bonds is 0. The molecule has 0 atom stereocenters. The van der Waals surface area contributed by atoms with E-state index >= 15 is 0 Å². The Morgan fingerprint density at radius 1 is 1.27 bits per heavy atom. The van der Waals surface area contributed by atoms with Crippen molar-refractivity contribution in [3.8, 4) is 0 Å². The van der Waals surface area contributed by atoms with Gasteiger partial charge in [-0.3, -0.25) is 0 Å². The van der Waals surface area contributed by atoms with E-state index in [4.69, 9.17) is 4.52 Å². The minimum Gasteiger partial charge on any atom is -0.354 e. The smallest absolute Gasteiger partial charge is 0.194 e. The molecule has 1 aromatic carbocycles. The first kappa shape index (κ1) is 8.67. The topological polar surface area (TPSA) is 51.8 Å². The predicted molar refractivity (Wildman–Crippen MR) is 59.1 cm³/mol. The highest BCUT2D eigenvalue weighted by Gasteiger charge is 2.10. The quantitative estimate of drug-likeness (QED) is 0.587. The largest absolute Gasteiger partial charge is 0.354 e. The lowest BCUT2D eigenvalue weighted by Gasteiger charge is -2.00. The number of nitrogens with zero attached hydrogens (tertiary/aromatic N) is 3. The van der Waals surface area contributed by atoms with Gasteiger partial charge >= 0.3 is 0 Å². The van der Waals surface area contributed by atoms with Crippen LogP contribution in [0.2, 0.25) is 0 Å². The van der Waals surface area contributed by atoms with E-state index in [1.807, 2.05) is 19.1 Å². The second-order valence-electron chi connectivity index (χ2n) is 3.35. The lowest BCUT2D eigenvalue weighted by molar-refractivity contribution is 0.435. The van der Waals surface area contributed by atoms with Crippen molar-refractivity contribution in [2.45, 2.75) is 11.8 Å². The van der Waals surface area contributed by atoms with Gasteiger partial charge in [0.2, 0.25) is 0 Å². The lowest BCUT2D eigenvalue weighted by atomic mass is 10.2. The summed E-state index contributed by atoms with van der Waals surface area (Å²) in [7, 11) is 0. The molecule has 3 aromatic rings. The summed E-state index contributed by atoms with van der Waals surface area (Å²) in [5, 5.41) is 4.82. The van der Waals surface area contributed by atoms with E-state index in [0.29, 0.717) is 5.58 Å². The third kappa shape index (κ3) is 1.20. The summed E-state index contributed by atoms with van der Waals surface area (Å²) in [4.78, 5) is 9.07. The zero-order valence-corrected chi connectivity index (χ0v) is 8.82. The van der Waals surface area contributed by atoms with E-state index in [1.54, 1.807) is 0 Å². The van der Waals surface area contributed by atoms with E-state index in [9.17, 15) is 0 Å². The number of fused-ring (bicyclic) bond motifs is 3. The van der Waals surface area contributed by atoms with Crippen molar-refractivity contribution in [2.24, 2.45) is 0 Å². The van der Waals surface area contributed by atoms with Gasteiger partial charge in [0.1, 0.15) is 11.8 Å². The molecule has 4 nitrogen and oxygen atoms in total. The fourth-order valence-electron chi connectivity index (χ4n) is 1.59. The van der Waals surface area contributed by atoms with E-state index < -0.39 is 0 Å². The Morgan fingerprint density at radius 3 is 3.00 bits per heavy atom. The molecule has 5 heteroatoms. The summed E-state index contributed by atoms with van der Waals surface area (Å²) in [6.07, 6.45) is 1.51. The van der Waals surface area contributed by atoms with Gasteiger partial charge in [0.15, 0.2) is 5.58 Å². The molecule has 3 rings (SSSR count). The molecule has 0 aliphatic rings. The molecular formula is C10H7N3OS. The summed E-state index contributed by atoms with van der Waals surface area (Å²) in [6.45, 7) is 1.87. The first-order chi connectivity index (χ1) is 7.25. The second kappa shape index (κ2) is 2.93. The Balaban J connectivity index is 2.61. The third-order valence-corrected chi connectivity index (χ3v) is 2.64. The monoisotopic (exact) mass is 217 g/mol. The summed E-state index contributed by atoms with van der Waals surface area (Å²) < 4.78 is 5.29. The molecule has 0 saturated carbocycles. The maximum Gasteiger partial charge on any atom is 0.194 e. The van der Waals surface area contributed by atoms with Crippen LogP contribution in [-0.4, -0.2) is 15.1 Å². The molecule has 0 fully saturated rings. The number of benzene rings is 1. The van der Waals surface area contributed by atoms with Gasteiger partial charge in [0.25, 0.3) is 0 Å². The first-order valence-electron chi connectivity index (χ1n) is 4.45. The van der Waals surface area contributed by atoms with Crippen LogP contribution in [0.5, 0.6) is 0 Å². The van der Waals surface area contributed by atoms with Crippen molar-refractivity contribution in [1.29, 1.82) is 0 Å². The molecule has 74 valence electrons. The highest BCUT2D eigenvalue weighted by molar-refractivity contribution is 7.80. The minimum absolute atomic E-state index is 0.639. The first-order valence-corrected chi connectivity index (χ1v) is 4.90. The van der Waals surface area contributed by atoms with Crippen LogP contribution in [-0.2, 0) is 0 Å². The highest BCUT2D eigenvalue weighted by Crippen LogP contribution is 2.28. The van der Waals surface area contributed by atoms with Crippen LogP contribution in [0.15, 0.2) is 27.9 Å². The van der Waals surface area contributed by atoms with Crippen molar-refractivity contribution in [3.05, 3.63) is 24.2 Å². The number of imidazole rings is 1. The molecule has 0 radical (unpaired) electrons. The number of hydrogen-bond donors (Lipinski definition) is 1. The number of hydrogen-bond acceptors (Lipinski definition) is 5. The summed E-state index contributed by atoms with van der Waals surface area (Å²) >= 11 is 4.39. The molecule has 15 heavy (non-hydrogen) atoms. The molecule has 0 aliphatic heterocycles. The molecule has 0 spiro atoms. The Labute approximate surface area is 90.7 Å². The van der Waals surface area contributed by atoms with Crippen LogP contribution in [0, 0.1) is 6.92 Å². The Morgan fingerprint density at radius 2 is 2.13 bits per heavy atom. The van der Waals surface area contributed by atoms with Crippen LogP contribution >= 0.6 is 12.6 Å². The maximum atomic E-state index is 5.29. The molecule has 2 heterocycles. The second-order valence-corrected chi connectivity index (χ2v) is 3.83. The zero-order chi connectivity index (χ0) is 10.4. The molecule has 0 N–H and O–H groups in total. The minimum atomic E-state index is 0.639. The van der Waals surface area contributed by atoms with E-state index in [2.05, 4.69) is 27.8 Å². The fraction of sp³-hybridized carbons (Fsp3) is 0.100. The average molecular weight is 217 g/mol. The molecule has 0 unspecified atom stereocenters. The Kier molecular flexibility index (Phi) is 1.70. The molecular weight excluding hydrogens is 210 g/mol. The van der Waals surface area contributed by atoms with Crippen molar-refractivity contribution in [3.63, 3.8) is 0 Å².